The molecule has 0 atom stereocenters. The highest BCUT2D eigenvalue weighted by Crippen LogP contribution is 2.37. The average Bonchev–Trinajstić information content (AvgIpc) is 3.60. The second-order valence-corrected chi connectivity index (χ2v) is 9.97. The van der Waals surface area contributed by atoms with E-state index in [0.717, 1.165) is 53.0 Å². The lowest BCUT2D eigenvalue weighted by atomic mass is 10.0. The van der Waals surface area contributed by atoms with Crippen LogP contribution >= 0.6 is 0 Å². The predicted molar refractivity (Wildman–Crippen MR) is 140 cm³/mol. The number of rotatable bonds is 10. The fraction of sp³-hybridized carbons (Fsp3) is 0.500. The van der Waals surface area contributed by atoms with Gasteiger partial charge in [-0.2, -0.15) is 0 Å². The molecule has 1 saturated heterocycles. The molecule has 0 radical (unpaired) electrons. The topological polar surface area (TPSA) is 120 Å². The fourth-order valence-electron chi connectivity index (χ4n) is 5.28. The highest BCUT2D eigenvalue weighted by Gasteiger charge is 2.29. The maximum absolute atomic E-state index is 10.6. The number of nitrogens with zero attached hydrogens (tertiary/aromatic N) is 4. The smallest absolute Gasteiger partial charge is 0.492 e. The minimum atomic E-state index is -1.23. The van der Waals surface area contributed by atoms with Crippen molar-refractivity contribution < 1.29 is 28.5 Å². The largest absolute Gasteiger partial charge is 0.506 e. The number of benzene rings is 1. The molecule has 1 aliphatic heterocycles. The van der Waals surface area contributed by atoms with Crippen molar-refractivity contribution in [3.8, 4) is 34.5 Å². The molecule has 1 aliphatic carbocycles. The van der Waals surface area contributed by atoms with E-state index < -0.39 is 6.16 Å². The number of likely N-dealkylation sites (tertiary alicyclic amines) is 1. The van der Waals surface area contributed by atoms with Crippen molar-refractivity contribution in [3.63, 3.8) is 0 Å². The first-order valence-electron chi connectivity index (χ1n) is 13.2. The van der Waals surface area contributed by atoms with E-state index in [1.165, 1.54) is 12.8 Å². The van der Waals surface area contributed by atoms with Gasteiger partial charge in [-0.15, -0.1) is 10.2 Å². The number of aromatic nitrogens is 3. The first kappa shape index (κ1) is 26.0. The molecule has 10 heteroatoms. The van der Waals surface area contributed by atoms with Crippen LogP contribution in [0.5, 0.6) is 11.6 Å². The molecule has 2 aliphatic rings. The first-order valence-corrected chi connectivity index (χ1v) is 13.2. The third-order valence-electron chi connectivity index (χ3n) is 7.30. The lowest BCUT2D eigenvalue weighted by Gasteiger charge is -2.37. The van der Waals surface area contributed by atoms with Gasteiger partial charge in [-0.05, 0) is 55.5 Å². The molecule has 0 bridgehead atoms. The summed E-state index contributed by atoms with van der Waals surface area (Å²) >= 11 is 0. The number of pyridine rings is 1. The molecule has 0 spiro atoms. The maximum atomic E-state index is 10.6. The molecule has 0 amide bonds. The summed E-state index contributed by atoms with van der Waals surface area (Å²) in [6, 6.07) is 7.92. The van der Waals surface area contributed by atoms with E-state index in [1.807, 2.05) is 31.2 Å². The molecule has 202 valence electrons. The van der Waals surface area contributed by atoms with Crippen LogP contribution in [-0.4, -0.2) is 70.8 Å². The van der Waals surface area contributed by atoms with Crippen molar-refractivity contribution in [2.24, 2.45) is 0 Å². The van der Waals surface area contributed by atoms with E-state index in [9.17, 15) is 4.79 Å². The van der Waals surface area contributed by atoms with Crippen LogP contribution in [0.2, 0.25) is 0 Å². The highest BCUT2D eigenvalue weighted by atomic mass is 16.7. The lowest BCUT2D eigenvalue weighted by molar-refractivity contribution is -0.0362. The van der Waals surface area contributed by atoms with Gasteiger partial charge in [0, 0.05) is 48.4 Å². The first-order chi connectivity index (χ1) is 18.4. The normalized spacial score (nSPS) is 16.4. The third kappa shape index (κ3) is 5.75. The van der Waals surface area contributed by atoms with Crippen LogP contribution in [-0.2, 0) is 11.2 Å². The Hall–Kier alpha value is -3.66. The van der Waals surface area contributed by atoms with Crippen molar-refractivity contribution in [2.45, 2.75) is 58.0 Å². The van der Waals surface area contributed by atoms with Gasteiger partial charge in [0.1, 0.15) is 18.5 Å². The van der Waals surface area contributed by atoms with Crippen LogP contribution in [0.4, 0.5) is 4.79 Å². The Morgan fingerprint density at radius 1 is 1.11 bits per heavy atom. The van der Waals surface area contributed by atoms with E-state index in [2.05, 4.69) is 27.0 Å². The summed E-state index contributed by atoms with van der Waals surface area (Å²) in [4.78, 5) is 17.4. The van der Waals surface area contributed by atoms with Gasteiger partial charge in [-0.3, -0.25) is 4.90 Å². The van der Waals surface area contributed by atoms with Crippen molar-refractivity contribution in [1.29, 1.82) is 0 Å². The fourth-order valence-corrected chi connectivity index (χ4v) is 5.28. The third-order valence-corrected chi connectivity index (χ3v) is 7.30. The molecule has 2 fully saturated rings. The van der Waals surface area contributed by atoms with Gasteiger partial charge < -0.3 is 23.7 Å². The van der Waals surface area contributed by atoms with Gasteiger partial charge in [0.05, 0.1) is 7.11 Å². The molecule has 10 nitrogen and oxygen atoms in total. The predicted octanol–water partition coefficient (Wildman–Crippen LogP) is 5.09. The number of carbonyl (C=O) groups is 1. The van der Waals surface area contributed by atoms with E-state index >= 15 is 0 Å². The minimum absolute atomic E-state index is 0.249. The molecule has 38 heavy (non-hydrogen) atoms. The Morgan fingerprint density at radius 2 is 1.82 bits per heavy atom. The SMILES string of the molecule is CCc1cc(-c2nnc(-c3cc(OC)nc(C4CCCC4)c3)o2)cc(C)c1OCCN1CC(OC(=O)O)C1. The van der Waals surface area contributed by atoms with Crippen LogP contribution in [0.1, 0.15) is 55.3 Å². The van der Waals surface area contributed by atoms with E-state index in [-0.39, 0.29) is 6.10 Å². The number of ether oxygens (including phenoxy) is 3. The second-order valence-electron chi connectivity index (χ2n) is 9.97. The summed E-state index contributed by atoms with van der Waals surface area (Å²) in [6.45, 7) is 6.50. The lowest BCUT2D eigenvalue weighted by Crippen LogP contribution is -2.53. The number of hydrogen-bond donors (Lipinski definition) is 1. The van der Waals surface area contributed by atoms with Gasteiger partial charge in [0.2, 0.25) is 17.7 Å². The Morgan fingerprint density at radius 3 is 2.47 bits per heavy atom. The van der Waals surface area contributed by atoms with Crippen LogP contribution < -0.4 is 9.47 Å². The Balaban J connectivity index is 1.28. The number of carboxylic acid groups (broad SMARTS) is 1. The van der Waals surface area contributed by atoms with Crippen molar-refractivity contribution >= 4 is 6.16 Å². The Bertz CT molecular complexity index is 1280. The van der Waals surface area contributed by atoms with Crippen molar-refractivity contribution in [2.75, 3.05) is 33.4 Å². The minimum Gasteiger partial charge on any atom is -0.492 e. The van der Waals surface area contributed by atoms with Crippen LogP contribution in [0.25, 0.3) is 22.9 Å². The van der Waals surface area contributed by atoms with Crippen LogP contribution in [0, 0.1) is 6.92 Å². The molecule has 1 aromatic carbocycles. The molecular weight excluding hydrogens is 488 g/mol. The summed E-state index contributed by atoms with van der Waals surface area (Å²) in [6.07, 6.45) is 4.04. The van der Waals surface area contributed by atoms with E-state index in [4.69, 9.17) is 23.7 Å². The summed E-state index contributed by atoms with van der Waals surface area (Å²) in [5.41, 5.74) is 4.73. The van der Waals surface area contributed by atoms with Gasteiger partial charge in [-0.25, -0.2) is 9.78 Å². The Labute approximate surface area is 221 Å². The van der Waals surface area contributed by atoms with Gasteiger partial charge in [0.25, 0.3) is 0 Å². The quantitative estimate of drug-likeness (QED) is 0.360. The van der Waals surface area contributed by atoms with E-state index in [1.54, 1.807) is 7.11 Å². The number of aryl methyl sites for hydroxylation is 2. The molecular formula is C28H34N4O6. The van der Waals surface area contributed by atoms with E-state index in [0.29, 0.717) is 49.8 Å². The summed E-state index contributed by atoms with van der Waals surface area (Å²) < 4.78 is 22.5. The average molecular weight is 523 g/mol. The maximum Gasteiger partial charge on any atom is 0.506 e. The zero-order valence-corrected chi connectivity index (χ0v) is 22.1. The zero-order chi connectivity index (χ0) is 26.6. The van der Waals surface area contributed by atoms with Gasteiger partial charge in [-0.1, -0.05) is 19.8 Å². The molecule has 1 saturated carbocycles. The van der Waals surface area contributed by atoms with Crippen molar-refractivity contribution in [3.05, 3.63) is 41.1 Å². The highest BCUT2D eigenvalue weighted by molar-refractivity contribution is 5.63. The molecule has 2 aromatic heterocycles. The van der Waals surface area contributed by atoms with Crippen LogP contribution in [0.3, 0.4) is 0 Å². The van der Waals surface area contributed by atoms with Gasteiger partial charge in [0.15, 0.2) is 0 Å². The molecule has 3 aromatic rings. The number of hydrogen-bond acceptors (Lipinski definition) is 9. The molecule has 0 unspecified atom stereocenters. The molecule has 3 heterocycles. The summed E-state index contributed by atoms with van der Waals surface area (Å²) in [5, 5.41) is 17.4. The summed E-state index contributed by atoms with van der Waals surface area (Å²) in [7, 11) is 1.62. The zero-order valence-electron chi connectivity index (χ0n) is 22.1. The molecule has 5 rings (SSSR count). The van der Waals surface area contributed by atoms with Gasteiger partial charge >= 0.3 is 6.16 Å². The Kier molecular flexibility index (Phi) is 7.78. The second kappa shape index (κ2) is 11.4. The number of methoxy groups -OCH3 is 1. The molecule has 1 N–H and O–H groups in total. The monoisotopic (exact) mass is 522 g/mol. The van der Waals surface area contributed by atoms with Crippen LogP contribution in [0.15, 0.2) is 28.7 Å². The summed E-state index contributed by atoms with van der Waals surface area (Å²) in [5.74, 6) is 2.74. The standard InChI is InChI=1S/C28H34N4O6/c1-4-18-12-20(11-17(2)25(18)36-10-9-32-15-22(16-32)37-28(33)34)26-30-31-27(38-26)21-13-23(19-7-5-6-8-19)29-24(14-21)35-3/h11-14,19,22H,4-10,15-16H2,1-3H3,(H,33,34). The van der Waals surface area contributed by atoms with Crippen molar-refractivity contribution in [1.82, 2.24) is 20.1 Å².